The largest absolute Gasteiger partial charge is 0.447 e. The summed E-state index contributed by atoms with van der Waals surface area (Å²) in [6, 6.07) is 13.9. The van der Waals surface area contributed by atoms with E-state index in [1.54, 1.807) is 38.1 Å². The lowest BCUT2D eigenvalue weighted by molar-refractivity contribution is -0.135. The van der Waals surface area contributed by atoms with E-state index in [4.69, 9.17) is 22.1 Å². The van der Waals surface area contributed by atoms with Gasteiger partial charge in [-0.25, -0.2) is 4.79 Å². The number of carbonyl (C=O) groups is 2. The molecule has 0 saturated heterocycles. The summed E-state index contributed by atoms with van der Waals surface area (Å²) in [6.45, 7) is 12.5. The molecular weight excluding hydrogens is 472 g/mol. The Balaban J connectivity index is 0.000000223. The first-order valence-corrected chi connectivity index (χ1v) is 13.4. The van der Waals surface area contributed by atoms with Gasteiger partial charge in [0.25, 0.3) is 0 Å². The second-order valence-corrected chi connectivity index (χ2v) is 11.7. The molecule has 1 fully saturated rings. The standard InChI is InChI=1S/C20H29NO.C10H12ClNO2/c1-13(2)14-6-8-16-15(12-14)7-9-17-19(16,3)10-5-11-20(17,4)18(21)22;1-7(2)14-10(13)12-9-5-3-4-8(11)6-9/h6,8,12-13,17H,5,7,9-11H2,1-4H3,(H2,21,22);3-7H,1-2H3,(H,12,13). The SMILES string of the molecule is CC(C)OC(=O)Nc1cccc(Cl)c1.CC(C)c1ccc2c(c1)CCC1C(C)(C(N)=O)CCCC21C. The zero-order chi connectivity index (χ0) is 26.7. The van der Waals surface area contributed by atoms with Crippen molar-refractivity contribution in [1.29, 1.82) is 0 Å². The average Bonchev–Trinajstić information content (AvgIpc) is 2.78. The summed E-state index contributed by atoms with van der Waals surface area (Å²) in [5.41, 5.74) is 10.6. The number of halogens is 1. The Morgan fingerprint density at radius 1 is 1.08 bits per heavy atom. The summed E-state index contributed by atoms with van der Waals surface area (Å²) < 4.78 is 4.90. The number of benzene rings is 2. The first-order chi connectivity index (χ1) is 16.9. The highest BCUT2D eigenvalue weighted by atomic mass is 35.5. The molecule has 1 saturated carbocycles. The van der Waals surface area contributed by atoms with E-state index < -0.39 is 6.09 Å². The number of nitrogens with one attached hydrogen (secondary N) is 1. The predicted octanol–water partition coefficient (Wildman–Crippen LogP) is 7.60. The van der Waals surface area contributed by atoms with Gasteiger partial charge in [-0.15, -0.1) is 0 Å². The van der Waals surface area contributed by atoms with Crippen LogP contribution < -0.4 is 11.1 Å². The van der Waals surface area contributed by atoms with Gasteiger partial charge in [-0.05, 0) is 91.7 Å². The summed E-state index contributed by atoms with van der Waals surface area (Å²) in [4.78, 5) is 23.3. The van der Waals surface area contributed by atoms with Gasteiger partial charge in [-0.1, -0.05) is 70.0 Å². The number of aryl methyl sites for hydroxylation is 1. The molecule has 3 unspecified atom stereocenters. The van der Waals surface area contributed by atoms with Gasteiger partial charge in [-0.2, -0.15) is 0 Å². The molecular formula is C30H41ClN2O3. The van der Waals surface area contributed by atoms with E-state index in [0.717, 1.165) is 25.7 Å². The van der Waals surface area contributed by atoms with Crippen LogP contribution in [0.3, 0.4) is 0 Å². The molecule has 0 radical (unpaired) electrons. The van der Waals surface area contributed by atoms with Gasteiger partial charge in [0.15, 0.2) is 0 Å². The second-order valence-electron chi connectivity index (χ2n) is 11.3. The van der Waals surface area contributed by atoms with Crippen LogP contribution in [-0.2, 0) is 21.4 Å². The Hall–Kier alpha value is -2.53. The maximum atomic E-state index is 12.2. The summed E-state index contributed by atoms with van der Waals surface area (Å²) in [5.74, 6) is 0.840. The van der Waals surface area contributed by atoms with E-state index in [9.17, 15) is 9.59 Å². The van der Waals surface area contributed by atoms with Crippen molar-refractivity contribution >= 4 is 29.3 Å². The maximum absolute atomic E-state index is 12.2. The smallest absolute Gasteiger partial charge is 0.411 e. The highest BCUT2D eigenvalue weighted by Crippen LogP contribution is 2.57. The molecule has 3 atom stereocenters. The Labute approximate surface area is 221 Å². The highest BCUT2D eigenvalue weighted by Gasteiger charge is 2.54. The minimum atomic E-state index is -0.470. The van der Waals surface area contributed by atoms with E-state index in [-0.39, 0.29) is 22.8 Å². The predicted molar refractivity (Wildman–Crippen MR) is 148 cm³/mol. The van der Waals surface area contributed by atoms with Gasteiger partial charge in [0.1, 0.15) is 0 Å². The summed E-state index contributed by atoms with van der Waals surface area (Å²) in [6.07, 6.45) is 4.79. The monoisotopic (exact) mass is 512 g/mol. The molecule has 36 heavy (non-hydrogen) atoms. The van der Waals surface area contributed by atoms with Crippen molar-refractivity contribution in [2.24, 2.45) is 17.1 Å². The maximum Gasteiger partial charge on any atom is 0.411 e. The number of nitrogens with two attached hydrogens (primary N) is 1. The van der Waals surface area contributed by atoms with Crippen LogP contribution in [0.4, 0.5) is 10.5 Å². The van der Waals surface area contributed by atoms with Crippen molar-refractivity contribution in [2.45, 2.75) is 91.1 Å². The molecule has 5 nitrogen and oxygen atoms in total. The molecule has 0 spiro atoms. The Kier molecular flexibility index (Phi) is 8.76. The molecule has 0 heterocycles. The molecule has 0 bridgehead atoms. The molecule has 196 valence electrons. The van der Waals surface area contributed by atoms with Gasteiger partial charge >= 0.3 is 6.09 Å². The number of ether oxygens (including phenoxy) is 1. The van der Waals surface area contributed by atoms with Gasteiger partial charge in [0, 0.05) is 16.1 Å². The number of hydrogen-bond acceptors (Lipinski definition) is 3. The van der Waals surface area contributed by atoms with Crippen LogP contribution in [0.25, 0.3) is 0 Å². The molecule has 2 amide bonds. The van der Waals surface area contributed by atoms with Crippen molar-refractivity contribution in [2.75, 3.05) is 5.32 Å². The van der Waals surface area contributed by atoms with Crippen LogP contribution in [0.5, 0.6) is 0 Å². The van der Waals surface area contributed by atoms with E-state index in [2.05, 4.69) is 51.2 Å². The first-order valence-electron chi connectivity index (χ1n) is 13.0. The summed E-state index contributed by atoms with van der Waals surface area (Å²) in [5, 5.41) is 3.14. The lowest BCUT2D eigenvalue weighted by Gasteiger charge is -2.54. The number of hydrogen-bond donors (Lipinski definition) is 2. The Morgan fingerprint density at radius 3 is 2.42 bits per heavy atom. The number of anilines is 1. The van der Waals surface area contributed by atoms with Crippen molar-refractivity contribution in [1.82, 2.24) is 0 Å². The number of primary amides is 1. The molecule has 2 aromatic carbocycles. The van der Waals surface area contributed by atoms with Crippen LogP contribution in [0, 0.1) is 11.3 Å². The van der Waals surface area contributed by atoms with Crippen molar-refractivity contribution in [3.05, 3.63) is 64.2 Å². The Bertz CT molecular complexity index is 1100. The minimum Gasteiger partial charge on any atom is -0.447 e. The fourth-order valence-electron chi connectivity index (χ4n) is 6.09. The average molecular weight is 513 g/mol. The molecule has 0 aliphatic heterocycles. The van der Waals surface area contributed by atoms with E-state index >= 15 is 0 Å². The van der Waals surface area contributed by atoms with Crippen molar-refractivity contribution in [3.8, 4) is 0 Å². The third kappa shape index (κ3) is 6.05. The van der Waals surface area contributed by atoms with Gasteiger partial charge < -0.3 is 10.5 Å². The zero-order valence-electron chi connectivity index (χ0n) is 22.5. The number of carbonyl (C=O) groups excluding carboxylic acids is 2. The van der Waals surface area contributed by atoms with E-state index in [1.807, 2.05) is 0 Å². The third-order valence-electron chi connectivity index (χ3n) is 8.02. The normalized spacial score (nSPS) is 24.8. The fraction of sp³-hybridized carbons (Fsp3) is 0.533. The van der Waals surface area contributed by atoms with Gasteiger partial charge in [0.05, 0.1) is 6.10 Å². The highest BCUT2D eigenvalue weighted by molar-refractivity contribution is 6.30. The third-order valence-corrected chi connectivity index (χ3v) is 8.26. The molecule has 0 aromatic heterocycles. The summed E-state index contributed by atoms with van der Waals surface area (Å²) >= 11 is 5.74. The topological polar surface area (TPSA) is 81.4 Å². The van der Waals surface area contributed by atoms with E-state index in [0.29, 0.717) is 22.5 Å². The molecule has 2 aliphatic rings. The quantitative estimate of drug-likeness (QED) is 0.442. The minimum absolute atomic E-state index is 0.102. The van der Waals surface area contributed by atoms with Crippen LogP contribution in [0.1, 0.15) is 89.8 Å². The van der Waals surface area contributed by atoms with Crippen molar-refractivity contribution < 1.29 is 14.3 Å². The molecule has 2 aliphatic carbocycles. The lowest BCUT2D eigenvalue weighted by atomic mass is 9.49. The first kappa shape index (κ1) is 28.0. The fourth-order valence-corrected chi connectivity index (χ4v) is 6.28. The number of fused-ring (bicyclic) bond motifs is 3. The molecule has 4 rings (SSSR count). The lowest BCUT2D eigenvalue weighted by Crippen LogP contribution is -2.54. The van der Waals surface area contributed by atoms with Crippen LogP contribution >= 0.6 is 11.6 Å². The van der Waals surface area contributed by atoms with Gasteiger partial charge in [-0.3, -0.25) is 10.1 Å². The van der Waals surface area contributed by atoms with Crippen LogP contribution in [0.2, 0.25) is 5.02 Å². The second kappa shape index (κ2) is 11.2. The van der Waals surface area contributed by atoms with Crippen LogP contribution in [0.15, 0.2) is 42.5 Å². The molecule has 2 aromatic rings. The van der Waals surface area contributed by atoms with Crippen LogP contribution in [-0.4, -0.2) is 18.1 Å². The summed E-state index contributed by atoms with van der Waals surface area (Å²) in [7, 11) is 0. The molecule has 6 heteroatoms. The number of rotatable bonds is 4. The van der Waals surface area contributed by atoms with Gasteiger partial charge in [0.2, 0.25) is 5.91 Å². The van der Waals surface area contributed by atoms with Crippen molar-refractivity contribution in [3.63, 3.8) is 0 Å². The molecule has 3 N–H and O–H groups in total. The van der Waals surface area contributed by atoms with E-state index in [1.165, 1.54) is 23.1 Å². The Morgan fingerprint density at radius 2 is 1.81 bits per heavy atom. The zero-order valence-corrected chi connectivity index (χ0v) is 23.2. The number of amides is 2.